The van der Waals surface area contributed by atoms with Crippen LogP contribution in [0.4, 0.5) is 9.59 Å². The van der Waals surface area contributed by atoms with E-state index >= 15 is 0 Å². The van der Waals surface area contributed by atoms with Gasteiger partial charge in [-0.25, -0.2) is 9.59 Å². The smallest absolute Gasteiger partial charge is 0.314 e. The summed E-state index contributed by atoms with van der Waals surface area (Å²) in [5, 5.41) is 0. The zero-order valence-corrected chi connectivity index (χ0v) is 14.8. The lowest BCUT2D eigenvalue weighted by molar-refractivity contribution is -0.117. The Morgan fingerprint density at radius 3 is 1.50 bits per heavy atom. The summed E-state index contributed by atoms with van der Waals surface area (Å²) in [6, 6.07) is -0.815. The van der Waals surface area contributed by atoms with Crippen LogP contribution < -0.4 is 11.5 Å². The average Bonchev–Trinajstić information content (AvgIpc) is 2.26. The van der Waals surface area contributed by atoms with Crippen LogP contribution in [0.15, 0.2) is 11.6 Å². The van der Waals surface area contributed by atoms with Gasteiger partial charge in [-0.15, -0.1) is 0 Å². The van der Waals surface area contributed by atoms with Gasteiger partial charge in [-0.2, -0.15) is 0 Å². The first-order valence-electron chi connectivity index (χ1n) is 6.92. The van der Waals surface area contributed by atoms with E-state index in [-0.39, 0.29) is 11.2 Å². The van der Waals surface area contributed by atoms with Crippen LogP contribution in [0.25, 0.3) is 0 Å². The molecule has 0 unspecified atom stereocenters. The Balaban J connectivity index is 0. The second kappa shape index (κ2) is 9.81. The Hall–Kier alpha value is -2.05. The van der Waals surface area contributed by atoms with Gasteiger partial charge in [-0.05, 0) is 24.8 Å². The lowest BCUT2D eigenvalue weighted by atomic mass is 9.77. The van der Waals surface area contributed by atoms with Crippen molar-refractivity contribution in [3.63, 3.8) is 0 Å². The van der Waals surface area contributed by atoms with Gasteiger partial charge in [0, 0.05) is 34.6 Å². The third-order valence-electron chi connectivity index (χ3n) is 2.70. The molecule has 0 aromatic rings. The van der Waals surface area contributed by atoms with Gasteiger partial charge in [0.1, 0.15) is 0 Å². The molecule has 1 rings (SSSR count). The van der Waals surface area contributed by atoms with E-state index in [4.69, 9.17) is 11.5 Å². The molecule has 1 aliphatic carbocycles. The number of allylic oxidation sites excluding steroid dienone is 2. The number of carbonyl (C=O) groups is 3. The molecule has 7 nitrogen and oxygen atoms in total. The number of urea groups is 2. The summed E-state index contributed by atoms with van der Waals surface area (Å²) in [6.45, 7) is 6.31. The molecule has 4 N–H and O–H groups in total. The summed E-state index contributed by atoms with van der Waals surface area (Å²) in [4.78, 5) is 33.3. The maximum Gasteiger partial charge on any atom is 0.314 e. The molecule has 4 amide bonds. The van der Waals surface area contributed by atoms with Crippen molar-refractivity contribution in [1.82, 2.24) is 9.80 Å². The molecule has 0 atom stereocenters. The fourth-order valence-electron chi connectivity index (χ4n) is 1.67. The molecular formula is C15H30N4O3. The molecule has 1 aliphatic rings. The summed E-state index contributed by atoms with van der Waals surface area (Å²) in [7, 11) is 6.40. The second-order valence-corrected chi connectivity index (χ2v) is 6.44. The van der Waals surface area contributed by atoms with Crippen LogP contribution in [-0.2, 0) is 4.79 Å². The highest BCUT2D eigenvalue weighted by Crippen LogP contribution is 2.32. The molecule has 0 heterocycles. The number of primary amides is 2. The first-order valence-corrected chi connectivity index (χ1v) is 6.92. The van der Waals surface area contributed by atoms with Crippen LogP contribution in [-0.4, -0.2) is 55.8 Å². The maximum atomic E-state index is 11.0. The van der Waals surface area contributed by atoms with Gasteiger partial charge in [0.25, 0.3) is 0 Å². The number of nitrogens with zero attached hydrogens (tertiary/aromatic N) is 2. The number of ketones is 1. The zero-order chi connectivity index (χ0) is 18.1. The molecule has 0 radical (unpaired) electrons. The van der Waals surface area contributed by atoms with Gasteiger partial charge < -0.3 is 21.3 Å². The van der Waals surface area contributed by atoms with Crippen LogP contribution in [0.2, 0.25) is 0 Å². The number of hydrogen-bond acceptors (Lipinski definition) is 3. The van der Waals surface area contributed by atoms with E-state index in [9.17, 15) is 14.4 Å². The molecule has 0 saturated heterocycles. The molecule has 128 valence electrons. The minimum absolute atomic E-state index is 0.204. The SMILES string of the molecule is CC1=CC(=O)CC(C)(C)C1.CN(C)C(N)=O.CN(C)C(N)=O. The average molecular weight is 314 g/mol. The van der Waals surface area contributed by atoms with Gasteiger partial charge in [0.2, 0.25) is 0 Å². The standard InChI is InChI=1S/C9H14O.2C3H8N2O/c1-7-4-8(10)6-9(2,3)5-7;2*1-5(2)3(4)6/h4H,5-6H2,1-3H3;2*1-2H3,(H2,4,6). The number of rotatable bonds is 0. The fourth-order valence-corrected chi connectivity index (χ4v) is 1.67. The summed E-state index contributed by atoms with van der Waals surface area (Å²) >= 11 is 0. The predicted molar refractivity (Wildman–Crippen MR) is 88.3 cm³/mol. The van der Waals surface area contributed by atoms with Crippen LogP contribution >= 0.6 is 0 Å². The molecule has 22 heavy (non-hydrogen) atoms. The van der Waals surface area contributed by atoms with Crippen LogP contribution in [0.3, 0.4) is 0 Å². The molecule has 7 heteroatoms. The van der Waals surface area contributed by atoms with Gasteiger partial charge in [-0.3, -0.25) is 4.79 Å². The first kappa shape index (κ1) is 22.2. The molecule has 0 fully saturated rings. The van der Waals surface area contributed by atoms with Crippen molar-refractivity contribution in [1.29, 1.82) is 0 Å². The normalized spacial score (nSPS) is 15.2. The number of amides is 4. The van der Waals surface area contributed by atoms with Crippen molar-refractivity contribution in [2.24, 2.45) is 16.9 Å². The van der Waals surface area contributed by atoms with Crippen molar-refractivity contribution in [2.45, 2.75) is 33.6 Å². The quantitative estimate of drug-likeness (QED) is 0.708. The second-order valence-electron chi connectivity index (χ2n) is 6.44. The van der Waals surface area contributed by atoms with E-state index in [1.807, 2.05) is 6.92 Å². The first-order chi connectivity index (χ1) is 9.78. The van der Waals surface area contributed by atoms with Gasteiger partial charge in [-0.1, -0.05) is 19.4 Å². The molecule has 0 aliphatic heterocycles. The molecule has 0 saturated carbocycles. The zero-order valence-electron chi connectivity index (χ0n) is 14.8. The predicted octanol–water partition coefficient (Wildman–Crippen LogP) is 1.58. The van der Waals surface area contributed by atoms with E-state index < -0.39 is 12.1 Å². The van der Waals surface area contributed by atoms with Crippen LogP contribution in [0, 0.1) is 5.41 Å². The molecule has 0 bridgehead atoms. The highest BCUT2D eigenvalue weighted by Gasteiger charge is 2.25. The lowest BCUT2D eigenvalue weighted by Gasteiger charge is -2.27. The monoisotopic (exact) mass is 314 g/mol. The van der Waals surface area contributed by atoms with E-state index in [1.54, 1.807) is 34.3 Å². The maximum absolute atomic E-state index is 11.0. The third-order valence-corrected chi connectivity index (χ3v) is 2.70. The summed E-state index contributed by atoms with van der Waals surface area (Å²) in [5.41, 5.74) is 10.9. The fraction of sp³-hybridized carbons (Fsp3) is 0.667. The summed E-state index contributed by atoms with van der Waals surface area (Å²) in [6.07, 6.45) is 3.55. The summed E-state index contributed by atoms with van der Waals surface area (Å²) in [5.74, 6) is 0.286. The van der Waals surface area contributed by atoms with Crippen molar-refractivity contribution >= 4 is 17.8 Å². The van der Waals surface area contributed by atoms with Crippen molar-refractivity contribution in [2.75, 3.05) is 28.2 Å². The van der Waals surface area contributed by atoms with Crippen molar-refractivity contribution < 1.29 is 14.4 Å². The Morgan fingerprint density at radius 1 is 1.00 bits per heavy atom. The summed E-state index contributed by atoms with van der Waals surface area (Å²) < 4.78 is 0. The Labute approximate surface area is 133 Å². The molecule has 0 aromatic carbocycles. The van der Waals surface area contributed by atoms with E-state index in [0.717, 1.165) is 6.42 Å². The van der Waals surface area contributed by atoms with Gasteiger partial charge in [0.15, 0.2) is 5.78 Å². The number of nitrogens with two attached hydrogens (primary N) is 2. The van der Waals surface area contributed by atoms with E-state index in [1.165, 1.54) is 15.4 Å². The minimum Gasteiger partial charge on any atom is -0.352 e. The Morgan fingerprint density at radius 2 is 1.32 bits per heavy atom. The van der Waals surface area contributed by atoms with E-state index in [0.29, 0.717) is 6.42 Å². The lowest BCUT2D eigenvalue weighted by Crippen LogP contribution is -2.27. The Bertz CT molecular complexity index is 409. The van der Waals surface area contributed by atoms with Crippen molar-refractivity contribution in [3.8, 4) is 0 Å². The minimum atomic E-state index is -0.407. The molecular weight excluding hydrogens is 284 g/mol. The molecule has 0 aromatic heterocycles. The highest BCUT2D eigenvalue weighted by atomic mass is 16.2. The van der Waals surface area contributed by atoms with Gasteiger partial charge in [0.05, 0.1) is 0 Å². The topological polar surface area (TPSA) is 110 Å². The van der Waals surface area contributed by atoms with E-state index in [2.05, 4.69) is 13.8 Å². The molecule has 0 spiro atoms. The largest absolute Gasteiger partial charge is 0.352 e. The van der Waals surface area contributed by atoms with Gasteiger partial charge >= 0.3 is 12.1 Å². The third kappa shape index (κ3) is 13.0. The van der Waals surface area contributed by atoms with Crippen molar-refractivity contribution in [3.05, 3.63) is 11.6 Å². The Kier molecular flexibility index (Phi) is 9.91. The highest BCUT2D eigenvalue weighted by molar-refractivity contribution is 5.91. The number of hydrogen-bond donors (Lipinski definition) is 2. The number of carbonyl (C=O) groups excluding carboxylic acids is 3. The van der Waals surface area contributed by atoms with Crippen LogP contribution in [0.1, 0.15) is 33.6 Å². The van der Waals surface area contributed by atoms with Crippen LogP contribution in [0.5, 0.6) is 0 Å².